The number of hydrogen-bond acceptors (Lipinski definition) is 7. The third-order valence-corrected chi connectivity index (χ3v) is 12.3. The molecule has 0 radical (unpaired) electrons. The van der Waals surface area contributed by atoms with Gasteiger partial charge in [-0.1, -0.05) is 85.8 Å². The summed E-state index contributed by atoms with van der Waals surface area (Å²) in [6, 6.07) is 17.2. The third kappa shape index (κ3) is 9.52. The maximum absolute atomic E-state index is 15.3. The van der Waals surface area contributed by atoms with Crippen LogP contribution in [0.3, 0.4) is 0 Å². The highest BCUT2D eigenvalue weighted by molar-refractivity contribution is 7.92. The molecule has 2 unspecified atom stereocenters. The number of alkyl halides is 4. The molecular weight excluding hydrogens is 696 g/mol. The van der Waals surface area contributed by atoms with Gasteiger partial charge in [-0.2, -0.15) is 21.9 Å². The molecule has 2 atom stereocenters. The van der Waals surface area contributed by atoms with Crippen LogP contribution in [0.2, 0.25) is 0 Å². The summed E-state index contributed by atoms with van der Waals surface area (Å²) in [5.41, 5.74) is -8.59. The number of benzene rings is 3. The lowest BCUT2D eigenvalue weighted by Gasteiger charge is -2.26. The van der Waals surface area contributed by atoms with E-state index in [2.05, 4.69) is 0 Å². The van der Waals surface area contributed by atoms with Crippen LogP contribution >= 0.6 is 15.2 Å². The normalized spacial score (nSPS) is 15.1. The van der Waals surface area contributed by atoms with Crippen LogP contribution in [0.4, 0.5) is 17.6 Å². The number of hydrogen-bond donors (Lipinski definition) is 1. The summed E-state index contributed by atoms with van der Waals surface area (Å²) in [6.45, 7) is 4.58. The minimum absolute atomic E-state index is 0.231. The molecule has 3 aromatic rings. The van der Waals surface area contributed by atoms with E-state index in [0.717, 1.165) is 34.0 Å². The van der Waals surface area contributed by atoms with E-state index in [1.54, 1.807) is 37.3 Å². The molecule has 9 nitrogen and oxygen atoms in total. The van der Waals surface area contributed by atoms with Crippen molar-refractivity contribution in [1.29, 1.82) is 0 Å². The second kappa shape index (κ2) is 16.4. The minimum atomic E-state index is -5.41. The van der Waals surface area contributed by atoms with Gasteiger partial charge in [0.15, 0.2) is 0 Å². The molecule has 0 spiro atoms. The summed E-state index contributed by atoms with van der Waals surface area (Å²) in [7, 11) is -14.5. The van der Waals surface area contributed by atoms with Crippen molar-refractivity contribution in [3.8, 4) is 0 Å². The Hall–Kier alpha value is -2.67. The molecule has 0 saturated heterocycles. The highest BCUT2D eigenvalue weighted by Crippen LogP contribution is 2.67. The van der Waals surface area contributed by atoms with Crippen LogP contribution in [0, 0.1) is 0 Å². The molecule has 0 fully saturated rings. The van der Waals surface area contributed by atoms with Crippen molar-refractivity contribution in [2.24, 2.45) is 0 Å². The van der Waals surface area contributed by atoms with Gasteiger partial charge in [-0.15, -0.1) is 0 Å². The molecule has 0 amide bonds. The van der Waals surface area contributed by atoms with Gasteiger partial charge in [-0.05, 0) is 50.0 Å². The first-order valence-corrected chi connectivity index (χ1v) is 19.6. The second-order valence-electron chi connectivity index (χ2n) is 10.7. The van der Waals surface area contributed by atoms with Gasteiger partial charge in [-0.25, -0.2) is 8.42 Å². The Labute approximate surface area is 278 Å². The molecule has 0 aliphatic heterocycles. The fourth-order valence-corrected chi connectivity index (χ4v) is 8.27. The van der Waals surface area contributed by atoms with Gasteiger partial charge in [0.25, 0.3) is 0 Å². The van der Waals surface area contributed by atoms with E-state index in [-0.39, 0.29) is 43.9 Å². The molecule has 3 rings (SSSR count). The highest BCUT2D eigenvalue weighted by Gasteiger charge is 2.55. The van der Waals surface area contributed by atoms with Gasteiger partial charge in [0.05, 0.1) is 19.3 Å². The SMILES string of the molecule is CCOP(=O)(OCC)C(F)(F)c1ccc(CN(Cc2ccc(C(F)(F)P(=O)(O)OC(C)CC)cc2)S(=O)(=O)C=Cc2ccccc2)cc1. The lowest BCUT2D eigenvalue weighted by molar-refractivity contribution is 0.0347. The van der Waals surface area contributed by atoms with E-state index in [1.807, 2.05) is 0 Å². The Balaban J connectivity index is 1.94. The van der Waals surface area contributed by atoms with E-state index < -0.39 is 53.8 Å². The zero-order chi connectivity index (χ0) is 35.8. The van der Waals surface area contributed by atoms with Crippen LogP contribution < -0.4 is 0 Å². The molecular formula is C32H39F4NO8P2S. The molecule has 16 heteroatoms. The van der Waals surface area contributed by atoms with Gasteiger partial charge >= 0.3 is 26.5 Å². The number of halogens is 4. The summed E-state index contributed by atoms with van der Waals surface area (Å²) in [5, 5.41) is 0.960. The monoisotopic (exact) mass is 735 g/mol. The Morgan fingerprint density at radius 3 is 1.69 bits per heavy atom. The van der Waals surface area contributed by atoms with Crippen molar-refractivity contribution >= 4 is 31.3 Å². The van der Waals surface area contributed by atoms with Crippen LogP contribution in [-0.2, 0) is 57.1 Å². The molecule has 0 aromatic heterocycles. The average Bonchev–Trinajstić information content (AvgIpc) is 3.04. The first-order chi connectivity index (χ1) is 22.4. The van der Waals surface area contributed by atoms with E-state index in [4.69, 9.17) is 13.6 Å². The Kier molecular flexibility index (Phi) is 13.6. The number of sulfonamides is 1. The maximum Gasteiger partial charge on any atom is 0.404 e. The lowest BCUT2D eigenvalue weighted by atomic mass is 10.1. The topological polar surface area (TPSA) is 119 Å². The largest absolute Gasteiger partial charge is 0.404 e. The number of rotatable bonds is 18. The third-order valence-electron chi connectivity index (χ3n) is 7.11. The average molecular weight is 736 g/mol. The first kappa shape index (κ1) is 39.8. The Morgan fingerprint density at radius 1 is 0.792 bits per heavy atom. The van der Waals surface area contributed by atoms with Crippen molar-refractivity contribution in [3.63, 3.8) is 0 Å². The molecule has 0 aliphatic rings. The van der Waals surface area contributed by atoms with Crippen molar-refractivity contribution in [3.05, 3.63) is 112 Å². The minimum Gasteiger partial charge on any atom is -0.320 e. The molecule has 3 aromatic carbocycles. The smallest absolute Gasteiger partial charge is 0.320 e. The standard InChI is InChI=1S/C32H39F4NO8P2S/c1-5-25(4)45-46(38,39)31(33,34)29-17-13-27(14-18-29)23-37(48(41,42)22-21-26-11-9-8-10-12-26)24-28-15-19-30(20-16-28)32(35,36)47(40,43-6-2)44-7-3/h8-22,25H,5-7,23-24H2,1-4H3,(H,38,39). The summed E-state index contributed by atoms with van der Waals surface area (Å²) >= 11 is 0. The van der Waals surface area contributed by atoms with Crippen molar-refractivity contribution in [2.75, 3.05) is 13.2 Å². The lowest BCUT2D eigenvalue weighted by Crippen LogP contribution is -2.28. The van der Waals surface area contributed by atoms with Crippen LogP contribution in [-0.4, -0.2) is 36.9 Å². The van der Waals surface area contributed by atoms with Crippen molar-refractivity contribution in [2.45, 2.75) is 64.6 Å². The van der Waals surface area contributed by atoms with Crippen LogP contribution in [0.1, 0.15) is 61.9 Å². The summed E-state index contributed by atoms with van der Waals surface area (Å²) in [4.78, 5) is 10.0. The molecule has 0 heterocycles. The summed E-state index contributed by atoms with van der Waals surface area (Å²) in [5.74, 6) is 0. The predicted octanol–water partition coefficient (Wildman–Crippen LogP) is 9.05. The zero-order valence-electron chi connectivity index (χ0n) is 26.8. The Morgan fingerprint density at radius 2 is 1.25 bits per heavy atom. The van der Waals surface area contributed by atoms with E-state index >= 15 is 8.78 Å². The van der Waals surface area contributed by atoms with E-state index in [1.165, 1.54) is 51.1 Å². The van der Waals surface area contributed by atoms with E-state index in [9.17, 15) is 31.2 Å². The van der Waals surface area contributed by atoms with Gasteiger partial charge in [0.2, 0.25) is 10.0 Å². The maximum atomic E-state index is 15.3. The number of nitrogens with zero attached hydrogens (tertiary/aromatic N) is 1. The quantitative estimate of drug-likeness (QED) is 0.102. The van der Waals surface area contributed by atoms with Gasteiger partial charge in [0, 0.05) is 29.6 Å². The van der Waals surface area contributed by atoms with Crippen molar-refractivity contribution < 1.29 is 53.6 Å². The van der Waals surface area contributed by atoms with Crippen LogP contribution in [0.5, 0.6) is 0 Å². The predicted molar refractivity (Wildman–Crippen MR) is 176 cm³/mol. The first-order valence-electron chi connectivity index (χ1n) is 15.0. The fraction of sp³-hybridized carbons (Fsp3) is 0.375. The molecule has 0 aliphatic carbocycles. The fourth-order valence-electron chi connectivity index (χ4n) is 4.32. The van der Waals surface area contributed by atoms with Gasteiger partial charge < -0.3 is 18.5 Å². The van der Waals surface area contributed by atoms with Gasteiger partial charge in [0.1, 0.15) is 0 Å². The molecule has 264 valence electrons. The Bertz CT molecular complexity index is 1710. The second-order valence-corrected chi connectivity index (χ2v) is 16.4. The summed E-state index contributed by atoms with van der Waals surface area (Å²) in [6.07, 6.45) is 0.702. The summed E-state index contributed by atoms with van der Waals surface area (Å²) < 4.78 is 128. The molecule has 0 saturated carbocycles. The molecule has 48 heavy (non-hydrogen) atoms. The molecule has 1 N–H and O–H groups in total. The van der Waals surface area contributed by atoms with Crippen LogP contribution in [0.25, 0.3) is 6.08 Å². The molecule has 0 bridgehead atoms. The van der Waals surface area contributed by atoms with Gasteiger partial charge in [-0.3, -0.25) is 9.13 Å². The zero-order valence-corrected chi connectivity index (χ0v) is 29.4. The van der Waals surface area contributed by atoms with Crippen molar-refractivity contribution in [1.82, 2.24) is 4.31 Å². The van der Waals surface area contributed by atoms with E-state index in [0.29, 0.717) is 5.56 Å². The highest BCUT2D eigenvalue weighted by atomic mass is 32.2. The van der Waals surface area contributed by atoms with Crippen LogP contribution in [0.15, 0.2) is 84.3 Å².